The molecule has 0 bridgehead atoms. The van der Waals surface area contributed by atoms with E-state index in [0.29, 0.717) is 6.54 Å². The van der Waals surface area contributed by atoms with Gasteiger partial charge in [-0.05, 0) is 51.3 Å². The SMILES string of the molecule is COc1ccc(N(CCCN(C)C)CCC(=O)O)cc1. The van der Waals surface area contributed by atoms with Gasteiger partial charge in [-0.3, -0.25) is 4.79 Å². The first-order valence-electron chi connectivity index (χ1n) is 6.78. The average Bonchev–Trinajstić information content (AvgIpc) is 2.42. The normalized spacial score (nSPS) is 10.6. The molecule has 0 radical (unpaired) electrons. The number of anilines is 1. The summed E-state index contributed by atoms with van der Waals surface area (Å²) >= 11 is 0. The molecule has 1 aromatic rings. The van der Waals surface area contributed by atoms with Crippen LogP contribution in [0.15, 0.2) is 24.3 Å². The Morgan fingerprint density at radius 3 is 2.30 bits per heavy atom. The highest BCUT2D eigenvalue weighted by Gasteiger charge is 2.09. The Bertz CT molecular complexity index is 404. The van der Waals surface area contributed by atoms with Crippen LogP contribution in [0.5, 0.6) is 5.75 Å². The van der Waals surface area contributed by atoms with Gasteiger partial charge in [0, 0.05) is 18.8 Å². The molecule has 20 heavy (non-hydrogen) atoms. The van der Waals surface area contributed by atoms with E-state index in [4.69, 9.17) is 9.84 Å². The zero-order valence-corrected chi connectivity index (χ0v) is 12.5. The summed E-state index contributed by atoms with van der Waals surface area (Å²) in [5.74, 6) is 0.0383. The monoisotopic (exact) mass is 280 g/mol. The molecule has 1 rings (SSSR count). The van der Waals surface area contributed by atoms with Gasteiger partial charge in [-0.15, -0.1) is 0 Å². The van der Waals surface area contributed by atoms with Gasteiger partial charge >= 0.3 is 5.97 Å². The largest absolute Gasteiger partial charge is 0.497 e. The van der Waals surface area contributed by atoms with Crippen molar-refractivity contribution in [1.82, 2.24) is 4.90 Å². The maximum atomic E-state index is 10.8. The quantitative estimate of drug-likeness (QED) is 0.749. The lowest BCUT2D eigenvalue weighted by Gasteiger charge is -2.25. The maximum absolute atomic E-state index is 10.8. The van der Waals surface area contributed by atoms with Crippen LogP contribution in [0.25, 0.3) is 0 Å². The Hall–Kier alpha value is -1.75. The molecule has 1 N–H and O–H groups in total. The molecule has 0 unspecified atom stereocenters. The summed E-state index contributed by atoms with van der Waals surface area (Å²) < 4.78 is 5.14. The Kier molecular flexibility index (Phi) is 6.87. The molecule has 0 spiro atoms. The Labute approximate surface area is 120 Å². The van der Waals surface area contributed by atoms with Crippen LogP contribution in [0.1, 0.15) is 12.8 Å². The number of hydrogen-bond acceptors (Lipinski definition) is 4. The van der Waals surface area contributed by atoms with Gasteiger partial charge in [0.1, 0.15) is 5.75 Å². The first kappa shape index (κ1) is 16.3. The van der Waals surface area contributed by atoms with Gasteiger partial charge in [0.2, 0.25) is 0 Å². The molecule has 0 amide bonds. The first-order valence-corrected chi connectivity index (χ1v) is 6.78. The van der Waals surface area contributed by atoms with Crippen LogP contribution in [0, 0.1) is 0 Å². The standard InChI is InChI=1S/C15H24N2O3/c1-16(2)10-4-11-17(12-9-15(18)19)13-5-7-14(20-3)8-6-13/h5-8H,4,9-12H2,1-3H3,(H,18,19). The van der Waals surface area contributed by atoms with E-state index < -0.39 is 5.97 Å². The predicted molar refractivity (Wildman–Crippen MR) is 80.6 cm³/mol. The van der Waals surface area contributed by atoms with E-state index >= 15 is 0 Å². The van der Waals surface area contributed by atoms with Crippen LogP contribution < -0.4 is 9.64 Å². The second kappa shape index (κ2) is 8.43. The van der Waals surface area contributed by atoms with Crippen LogP contribution in [0.3, 0.4) is 0 Å². The zero-order valence-electron chi connectivity index (χ0n) is 12.5. The molecule has 0 saturated heterocycles. The number of aliphatic carboxylic acids is 1. The third-order valence-corrected chi connectivity index (χ3v) is 3.07. The van der Waals surface area contributed by atoms with Crippen molar-refractivity contribution < 1.29 is 14.6 Å². The number of carbonyl (C=O) groups is 1. The highest BCUT2D eigenvalue weighted by atomic mass is 16.5. The van der Waals surface area contributed by atoms with Crippen molar-refractivity contribution >= 4 is 11.7 Å². The summed E-state index contributed by atoms with van der Waals surface area (Å²) in [4.78, 5) is 15.0. The van der Waals surface area contributed by atoms with E-state index in [1.807, 2.05) is 38.4 Å². The lowest BCUT2D eigenvalue weighted by Crippen LogP contribution is -2.29. The number of benzene rings is 1. The molecule has 0 heterocycles. The van der Waals surface area contributed by atoms with Gasteiger partial charge in [-0.25, -0.2) is 0 Å². The second-order valence-corrected chi connectivity index (χ2v) is 4.99. The molecule has 112 valence electrons. The minimum Gasteiger partial charge on any atom is -0.497 e. The fourth-order valence-electron chi connectivity index (χ4n) is 1.97. The zero-order chi connectivity index (χ0) is 15.0. The smallest absolute Gasteiger partial charge is 0.305 e. The van der Waals surface area contributed by atoms with Gasteiger partial charge in [-0.1, -0.05) is 0 Å². The highest BCUT2D eigenvalue weighted by Crippen LogP contribution is 2.19. The summed E-state index contributed by atoms with van der Waals surface area (Å²) in [5, 5.41) is 8.85. The summed E-state index contributed by atoms with van der Waals surface area (Å²) in [5.41, 5.74) is 1.03. The predicted octanol–water partition coefficient (Wildman–Crippen LogP) is 1.93. The van der Waals surface area contributed by atoms with Crippen molar-refractivity contribution in [2.45, 2.75) is 12.8 Å². The molecule has 0 aliphatic heterocycles. The number of hydrogen-bond donors (Lipinski definition) is 1. The second-order valence-electron chi connectivity index (χ2n) is 4.99. The van der Waals surface area contributed by atoms with E-state index in [0.717, 1.165) is 30.9 Å². The summed E-state index contributed by atoms with van der Waals surface area (Å²) in [6.45, 7) is 2.35. The molecule has 0 aliphatic carbocycles. The van der Waals surface area contributed by atoms with Crippen molar-refractivity contribution in [1.29, 1.82) is 0 Å². The molecule has 5 heteroatoms. The number of rotatable bonds is 9. The lowest BCUT2D eigenvalue weighted by atomic mass is 10.2. The van der Waals surface area contributed by atoms with Gasteiger partial charge in [0.05, 0.1) is 13.5 Å². The van der Waals surface area contributed by atoms with Crippen LogP contribution in [-0.4, -0.2) is 56.8 Å². The molecule has 5 nitrogen and oxygen atoms in total. The molecule has 0 atom stereocenters. The molecule has 0 saturated carbocycles. The summed E-state index contributed by atoms with van der Waals surface area (Å²) in [6, 6.07) is 7.73. The van der Waals surface area contributed by atoms with Crippen LogP contribution >= 0.6 is 0 Å². The van der Waals surface area contributed by atoms with Crippen LogP contribution in [0.4, 0.5) is 5.69 Å². The Morgan fingerprint density at radius 1 is 1.15 bits per heavy atom. The van der Waals surface area contributed by atoms with E-state index in [-0.39, 0.29) is 6.42 Å². The Balaban J connectivity index is 2.65. The molecule has 1 aromatic carbocycles. The fourth-order valence-corrected chi connectivity index (χ4v) is 1.97. The fraction of sp³-hybridized carbons (Fsp3) is 0.533. The van der Waals surface area contributed by atoms with Crippen molar-refractivity contribution in [3.63, 3.8) is 0 Å². The molecule has 0 aliphatic rings. The van der Waals surface area contributed by atoms with E-state index in [1.54, 1.807) is 7.11 Å². The Morgan fingerprint density at radius 2 is 1.80 bits per heavy atom. The van der Waals surface area contributed by atoms with Gasteiger partial charge < -0.3 is 19.6 Å². The highest BCUT2D eigenvalue weighted by molar-refractivity contribution is 5.67. The molecular weight excluding hydrogens is 256 g/mol. The number of ether oxygens (including phenoxy) is 1. The molecule has 0 aromatic heterocycles. The number of methoxy groups -OCH3 is 1. The topological polar surface area (TPSA) is 53.0 Å². The minimum absolute atomic E-state index is 0.147. The van der Waals surface area contributed by atoms with Crippen molar-refractivity contribution in [2.75, 3.05) is 45.7 Å². The van der Waals surface area contributed by atoms with Crippen molar-refractivity contribution in [3.8, 4) is 5.75 Å². The van der Waals surface area contributed by atoms with E-state index in [1.165, 1.54) is 0 Å². The van der Waals surface area contributed by atoms with Gasteiger partial charge in [-0.2, -0.15) is 0 Å². The minimum atomic E-state index is -0.767. The van der Waals surface area contributed by atoms with Gasteiger partial charge in [0.15, 0.2) is 0 Å². The number of carboxylic acid groups (broad SMARTS) is 1. The number of carboxylic acids is 1. The van der Waals surface area contributed by atoms with Crippen molar-refractivity contribution in [3.05, 3.63) is 24.3 Å². The maximum Gasteiger partial charge on any atom is 0.305 e. The molecular formula is C15H24N2O3. The average molecular weight is 280 g/mol. The van der Waals surface area contributed by atoms with E-state index in [2.05, 4.69) is 9.80 Å². The van der Waals surface area contributed by atoms with Crippen LogP contribution in [0.2, 0.25) is 0 Å². The van der Waals surface area contributed by atoms with Crippen molar-refractivity contribution in [2.24, 2.45) is 0 Å². The van der Waals surface area contributed by atoms with Gasteiger partial charge in [0.25, 0.3) is 0 Å². The molecule has 0 fully saturated rings. The summed E-state index contributed by atoms with van der Waals surface area (Å²) in [6.07, 6.45) is 1.15. The third kappa shape index (κ3) is 5.93. The number of nitrogens with zero attached hydrogens (tertiary/aromatic N) is 2. The first-order chi connectivity index (χ1) is 9.52. The third-order valence-electron chi connectivity index (χ3n) is 3.07. The summed E-state index contributed by atoms with van der Waals surface area (Å²) in [7, 11) is 5.71. The van der Waals surface area contributed by atoms with Crippen LogP contribution in [-0.2, 0) is 4.79 Å². The lowest BCUT2D eigenvalue weighted by molar-refractivity contribution is -0.136. The van der Waals surface area contributed by atoms with E-state index in [9.17, 15) is 4.79 Å².